The number of rotatable bonds is 4. The lowest BCUT2D eigenvalue weighted by Gasteiger charge is -2.32. The predicted octanol–water partition coefficient (Wildman–Crippen LogP) is 6.62. The van der Waals surface area contributed by atoms with Gasteiger partial charge in [-0.3, -0.25) is 10.1 Å². The normalized spacial score (nSPS) is 18.5. The van der Waals surface area contributed by atoms with E-state index in [0.29, 0.717) is 11.9 Å². The quantitative estimate of drug-likeness (QED) is 0.408. The number of para-hydroxylation sites is 1. The maximum Gasteiger partial charge on any atom is 0.416 e. The van der Waals surface area contributed by atoms with Crippen LogP contribution in [0.1, 0.15) is 74.0 Å². The molecule has 0 saturated heterocycles. The molecule has 2 N–H and O–H groups in total. The highest BCUT2D eigenvalue weighted by Gasteiger charge is 2.32. The van der Waals surface area contributed by atoms with E-state index in [1.54, 1.807) is 20.8 Å². The van der Waals surface area contributed by atoms with Crippen LogP contribution in [-0.2, 0) is 10.9 Å². The fraction of sp³-hybridized carbons (Fsp3) is 0.444. The Morgan fingerprint density at radius 1 is 1.08 bits per heavy atom. The van der Waals surface area contributed by atoms with Crippen molar-refractivity contribution in [2.45, 2.75) is 77.2 Å². The molecule has 0 spiro atoms. The molecular weight excluding hydrogens is 485 g/mol. The lowest BCUT2D eigenvalue weighted by atomic mass is 9.90. The third-order valence-electron chi connectivity index (χ3n) is 6.32. The first-order valence-electron chi connectivity index (χ1n) is 12.3. The number of hydrogen-bond acceptors (Lipinski definition) is 4. The first-order chi connectivity index (χ1) is 17.3. The molecule has 1 fully saturated rings. The molecule has 1 aromatic heterocycles. The Labute approximate surface area is 213 Å². The van der Waals surface area contributed by atoms with E-state index in [1.807, 2.05) is 29.7 Å². The summed E-state index contributed by atoms with van der Waals surface area (Å²) in [6.07, 6.45) is -2.04. The Balaban J connectivity index is 1.63. The maximum atomic E-state index is 13.2. The second kappa shape index (κ2) is 10.1. The van der Waals surface area contributed by atoms with Gasteiger partial charge in [0.2, 0.25) is 5.95 Å². The van der Waals surface area contributed by atoms with Crippen molar-refractivity contribution in [3.63, 3.8) is 0 Å². The van der Waals surface area contributed by atoms with Crippen LogP contribution in [0.2, 0.25) is 0 Å². The van der Waals surface area contributed by atoms with E-state index in [2.05, 4.69) is 15.6 Å². The number of nitrogens with one attached hydrogen (secondary N) is 2. The third kappa shape index (κ3) is 6.23. The van der Waals surface area contributed by atoms with Gasteiger partial charge in [-0.1, -0.05) is 18.2 Å². The Bertz CT molecular complexity index is 1310. The van der Waals surface area contributed by atoms with Gasteiger partial charge in [0.1, 0.15) is 5.60 Å². The molecule has 3 aromatic rings. The predicted molar refractivity (Wildman–Crippen MR) is 135 cm³/mol. The zero-order valence-corrected chi connectivity index (χ0v) is 21.3. The van der Waals surface area contributed by atoms with Crippen molar-refractivity contribution in [3.8, 4) is 0 Å². The summed E-state index contributed by atoms with van der Waals surface area (Å²) in [5, 5.41) is 5.69. The number of nitrogens with zero attached hydrogens (tertiary/aromatic N) is 2. The van der Waals surface area contributed by atoms with Gasteiger partial charge in [0.05, 0.1) is 16.6 Å². The fourth-order valence-electron chi connectivity index (χ4n) is 4.78. The molecule has 2 aromatic carbocycles. The number of aryl methyl sites for hydroxylation is 1. The molecule has 1 aliphatic rings. The van der Waals surface area contributed by atoms with Gasteiger partial charge in [-0.25, -0.2) is 9.78 Å². The number of alkyl carbamates (subject to hydrolysis) is 1. The summed E-state index contributed by atoms with van der Waals surface area (Å²) >= 11 is 0. The summed E-state index contributed by atoms with van der Waals surface area (Å²) in [7, 11) is 0. The van der Waals surface area contributed by atoms with Crippen molar-refractivity contribution >= 4 is 29.0 Å². The number of ether oxygens (including phenoxy) is 1. The van der Waals surface area contributed by atoms with E-state index in [9.17, 15) is 22.8 Å². The van der Waals surface area contributed by atoms with Crippen LogP contribution < -0.4 is 10.6 Å². The summed E-state index contributed by atoms with van der Waals surface area (Å²) in [6, 6.07) is 9.70. The summed E-state index contributed by atoms with van der Waals surface area (Å²) in [4.78, 5) is 30.0. The number of fused-ring (bicyclic) bond motifs is 1. The summed E-state index contributed by atoms with van der Waals surface area (Å²) in [5.74, 6) is -0.422. The van der Waals surface area contributed by atoms with Crippen LogP contribution in [0.15, 0.2) is 42.5 Å². The number of carbonyl (C=O) groups excluding carboxylic acids is 2. The van der Waals surface area contributed by atoms with E-state index >= 15 is 0 Å². The van der Waals surface area contributed by atoms with Gasteiger partial charge in [0.15, 0.2) is 0 Å². The van der Waals surface area contributed by atoms with E-state index < -0.39 is 29.3 Å². The van der Waals surface area contributed by atoms with Crippen LogP contribution in [0.25, 0.3) is 11.0 Å². The molecule has 4 rings (SSSR count). The maximum absolute atomic E-state index is 13.2. The second-order valence-electron chi connectivity index (χ2n) is 10.4. The zero-order valence-electron chi connectivity index (χ0n) is 21.3. The topological polar surface area (TPSA) is 85.3 Å². The molecule has 198 valence electrons. The van der Waals surface area contributed by atoms with Crippen LogP contribution in [0.3, 0.4) is 0 Å². The Hall–Kier alpha value is -3.56. The molecule has 0 aliphatic heterocycles. The minimum absolute atomic E-state index is 0.100. The van der Waals surface area contributed by atoms with Crippen LogP contribution in [0.5, 0.6) is 0 Å². The molecule has 37 heavy (non-hydrogen) atoms. The Morgan fingerprint density at radius 3 is 2.51 bits per heavy atom. The van der Waals surface area contributed by atoms with Crippen molar-refractivity contribution in [1.82, 2.24) is 14.9 Å². The van der Waals surface area contributed by atoms with Gasteiger partial charge in [0.25, 0.3) is 5.91 Å². The number of aromatic nitrogens is 2. The molecule has 1 saturated carbocycles. The Morgan fingerprint density at radius 2 is 1.81 bits per heavy atom. The molecule has 1 aliphatic carbocycles. The lowest BCUT2D eigenvalue weighted by Crippen LogP contribution is -2.41. The number of imidazole rings is 1. The molecule has 7 nitrogen and oxygen atoms in total. The van der Waals surface area contributed by atoms with Crippen molar-refractivity contribution in [2.75, 3.05) is 5.32 Å². The van der Waals surface area contributed by atoms with Gasteiger partial charge in [-0.2, -0.15) is 13.2 Å². The minimum Gasteiger partial charge on any atom is -0.444 e. The summed E-state index contributed by atoms with van der Waals surface area (Å²) in [5.41, 5.74) is 0.834. The number of anilines is 1. The smallest absolute Gasteiger partial charge is 0.416 e. The monoisotopic (exact) mass is 516 g/mol. The van der Waals surface area contributed by atoms with Crippen LogP contribution in [-0.4, -0.2) is 33.2 Å². The van der Waals surface area contributed by atoms with Crippen LogP contribution in [0.4, 0.5) is 23.9 Å². The Kier molecular flexibility index (Phi) is 7.21. The van der Waals surface area contributed by atoms with Crippen molar-refractivity contribution in [1.29, 1.82) is 0 Å². The van der Waals surface area contributed by atoms with Crippen LogP contribution in [0, 0.1) is 6.92 Å². The van der Waals surface area contributed by atoms with Gasteiger partial charge in [0, 0.05) is 17.6 Å². The van der Waals surface area contributed by atoms with Gasteiger partial charge in [-0.15, -0.1) is 0 Å². The van der Waals surface area contributed by atoms with E-state index in [4.69, 9.17) is 4.74 Å². The fourth-order valence-corrected chi connectivity index (χ4v) is 4.78. The number of halogens is 3. The molecule has 2 unspecified atom stereocenters. The van der Waals surface area contributed by atoms with Crippen molar-refractivity contribution < 1.29 is 27.5 Å². The molecule has 2 amide bonds. The molecule has 0 bridgehead atoms. The molecule has 1 heterocycles. The number of benzene rings is 2. The van der Waals surface area contributed by atoms with E-state index in [0.717, 1.165) is 42.5 Å². The number of amides is 2. The third-order valence-corrected chi connectivity index (χ3v) is 6.32. The second-order valence-corrected chi connectivity index (χ2v) is 10.4. The standard InChI is InChI=1S/C27H31F3N4O3/c1-16-8-5-13-21-22(16)34(20-12-7-11-19(15-20)31-25(36)37-26(2,3)4)24(32-21)33-23(35)17-9-6-10-18(14-17)27(28,29)30/h5-6,8-10,13-14,19-20H,7,11-12,15H2,1-4H3,(H,31,36)(H,32,33,35). The van der Waals surface area contributed by atoms with Crippen LogP contribution >= 0.6 is 0 Å². The van der Waals surface area contributed by atoms with Crippen molar-refractivity contribution in [3.05, 3.63) is 59.2 Å². The number of alkyl halides is 3. The molecular formula is C27H31F3N4O3. The van der Waals surface area contributed by atoms with Gasteiger partial charge >= 0.3 is 12.3 Å². The highest BCUT2D eigenvalue weighted by atomic mass is 19.4. The highest BCUT2D eigenvalue weighted by Crippen LogP contribution is 2.36. The molecule has 0 radical (unpaired) electrons. The number of hydrogen-bond donors (Lipinski definition) is 2. The SMILES string of the molecule is Cc1cccc2nc(NC(=O)c3cccc(C(F)(F)F)c3)n(C3CCCC(NC(=O)OC(C)(C)C)C3)c12. The average Bonchev–Trinajstić information content (AvgIpc) is 3.16. The van der Waals surface area contributed by atoms with E-state index in [1.165, 1.54) is 12.1 Å². The minimum atomic E-state index is -4.56. The largest absolute Gasteiger partial charge is 0.444 e. The van der Waals surface area contributed by atoms with Crippen molar-refractivity contribution in [2.24, 2.45) is 0 Å². The lowest BCUT2D eigenvalue weighted by molar-refractivity contribution is -0.137. The molecule has 10 heteroatoms. The zero-order chi connectivity index (χ0) is 27.0. The highest BCUT2D eigenvalue weighted by molar-refractivity contribution is 6.04. The first-order valence-corrected chi connectivity index (χ1v) is 12.3. The van der Waals surface area contributed by atoms with Gasteiger partial charge in [-0.05, 0) is 83.2 Å². The number of carbonyl (C=O) groups is 2. The summed E-state index contributed by atoms with van der Waals surface area (Å²) < 4.78 is 46.9. The first kappa shape index (κ1) is 26.5. The average molecular weight is 517 g/mol. The van der Waals surface area contributed by atoms with E-state index in [-0.39, 0.29) is 23.6 Å². The molecule has 2 atom stereocenters. The van der Waals surface area contributed by atoms with Gasteiger partial charge < -0.3 is 14.6 Å². The summed E-state index contributed by atoms with van der Waals surface area (Å²) in [6.45, 7) is 7.35.